The van der Waals surface area contributed by atoms with Crippen molar-refractivity contribution in [1.82, 2.24) is 29.0 Å². The van der Waals surface area contributed by atoms with Gasteiger partial charge in [-0.1, -0.05) is 12.8 Å². The maximum Gasteiger partial charge on any atom is 0.272 e. The number of imidazole rings is 1. The number of fused-ring (bicyclic) bond motifs is 2. The fourth-order valence-electron chi connectivity index (χ4n) is 4.13. The van der Waals surface area contributed by atoms with Gasteiger partial charge in [-0.05, 0) is 31.0 Å². The number of nitrogens with zero attached hydrogens (tertiary/aromatic N) is 7. The van der Waals surface area contributed by atoms with Crippen LogP contribution in [0.15, 0.2) is 36.8 Å². The highest BCUT2D eigenvalue weighted by Gasteiger charge is 2.22. The molecule has 0 unspecified atom stereocenters. The highest BCUT2D eigenvalue weighted by Crippen LogP contribution is 2.29. The molecule has 0 aromatic carbocycles. The molecular formula is C22H20FN7O. The van der Waals surface area contributed by atoms with Gasteiger partial charge >= 0.3 is 0 Å². The predicted molar refractivity (Wildman–Crippen MR) is 112 cm³/mol. The molecule has 1 aliphatic heterocycles. The molecule has 1 amide bonds. The Morgan fingerprint density at radius 2 is 1.94 bits per heavy atom. The first-order valence-corrected chi connectivity index (χ1v) is 10.3. The van der Waals surface area contributed by atoms with Gasteiger partial charge in [-0.25, -0.2) is 14.1 Å². The van der Waals surface area contributed by atoms with Crippen molar-refractivity contribution in [1.29, 1.82) is 5.26 Å². The first kappa shape index (κ1) is 19.2. The standard InChI is InChI=1S/C22H20FN7O/c23-15-5-6-20-26-13-19(29(20)14-15)21-16-12-25-17(11-18(16)30(27-21)10-7-24)22(31)28-8-3-1-2-4-9-28/h5-6,11-14H,1-4,8-10H2. The molecule has 156 valence electrons. The number of hydrogen-bond donors (Lipinski definition) is 0. The maximum absolute atomic E-state index is 13.8. The van der Waals surface area contributed by atoms with Crippen LogP contribution in [0.3, 0.4) is 0 Å². The molecule has 5 heterocycles. The van der Waals surface area contributed by atoms with Crippen LogP contribution in [0.4, 0.5) is 4.39 Å². The number of carbonyl (C=O) groups is 1. The molecule has 4 aromatic heterocycles. The number of amides is 1. The van der Waals surface area contributed by atoms with Crippen LogP contribution in [0, 0.1) is 17.1 Å². The zero-order valence-corrected chi connectivity index (χ0v) is 16.8. The van der Waals surface area contributed by atoms with E-state index in [1.54, 1.807) is 33.6 Å². The number of rotatable bonds is 3. The second-order valence-corrected chi connectivity index (χ2v) is 7.68. The van der Waals surface area contributed by atoms with Gasteiger partial charge in [0.15, 0.2) is 0 Å². The van der Waals surface area contributed by atoms with Gasteiger partial charge in [0.25, 0.3) is 5.91 Å². The third-order valence-corrected chi connectivity index (χ3v) is 5.68. The first-order chi connectivity index (χ1) is 15.2. The van der Waals surface area contributed by atoms with E-state index in [1.807, 2.05) is 4.90 Å². The van der Waals surface area contributed by atoms with Crippen LogP contribution in [0.1, 0.15) is 36.2 Å². The van der Waals surface area contributed by atoms with Gasteiger partial charge in [-0.3, -0.25) is 14.2 Å². The Kier molecular flexibility index (Phi) is 4.82. The van der Waals surface area contributed by atoms with E-state index in [9.17, 15) is 14.4 Å². The van der Waals surface area contributed by atoms with E-state index >= 15 is 0 Å². The molecule has 0 spiro atoms. The van der Waals surface area contributed by atoms with Crippen LogP contribution in [0.5, 0.6) is 0 Å². The average molecular weight is 417 g/mol. The normalized spacial score (nSPS) is 14.6. The summed E-state index contributed by atoms with van der Waals surface area (Å²) in [5.41, 5.74) is 2.68. The Labute approximate surface area is 177 Å². The van der Waals surface area contributed by atoms with Crippen molar-refractivity contribution in [2.75, 3.05) is 13.1 Å². The van der Waals surface area contributed by atoms with Crippen molar-refractivity contribution in [2.24, 2.45) is 0 Å². The van der Waals surface area contributed by atoms with Crippen LogP contribution < -0.4 is 0 Å². The van der Waals surface area contributed by atoms with E-state index in [1.165, 1.54) is 12.3 Å². The van der Waals surface area contributed by atoms with Crippen molar-refractivity contribution in [3.8, 4) is 17.5 Å². The molecule has 1 saturated heterocycles. The molecule has 4 aromatic rings. The van der Waals surface area contributed by atoms with E-state index in [0.29, 0.717) is 33.6 Å². The van der Waals surface area contributed by atoms with E-state index in [0.717, 1.165) is 38.8 Å². The molecule has 0 saturated carbocycles. The summed E-state index contributed by atoms with van der Waals surface area (Å²) in [4.78, 5) is 23.6. The molecule has 8 nitrogen and oxygen atoms in total. The molecule has 9 heteroatoms. The molecule has 1 aliphatic rings. The number of likely N-dealkylation sites (tertiary alicyclic amines) is 1. The van der Waals surface area contributed by atoms with Crippen molar-refractivity contribution < 1.29 is 9.18 Å². The van der Waals surface area contributed by atoms with Gasteiger partial charge < -0.3 is 4.90 Å². The lowest BCUT2D eigenvalue weighted by atomic mass is 10.2. The van der Waals surface area contributed by atoms with Gasteiger partial charge in [-0.15, -0.1) is 0 Å². The minimum atomic E-state index is -0.393. The quantitative estimate of drug-likeness (QED) is 0.509. The fourth-order valence-corrected chi connectivity index (χ4v) is 4.13. The molecule has 0 N–H and O–H groups in total. The molecule has 0 bridgehead atoms. The summed E-state index contributed by atoms with van der Waals surface area (Å²) in [5, 5.41) is 14.5. The SMILES string of the molecule is N#CCn1nc(-c2cnc3ccc(F)cn23)c2cnc(C(=O)N3CCCCCC3)cc21. The highest BCUT2D eigenvalue weighted by molar-refractivity contribution is 5.99. The monoisotopic (exact) mass is 417 g/mol. The topological polar surface area (TPSA) is 92.1 Å². The zero-order chi connectivity index (χ0) is 21.4. The number of nitriles is 1. The summed E-state index contributed by atoms with van der Waals surface area (Å²) in [5.74, 6) is -0.497. The van der Waals surface area contributed by atoms with Crippen LogP contribution in [0.2, 0.25) is 0 Å². The number of aromatic nitrogens is 5. The number of halogens is 1. The third kappa shape index (κ3) is 3.40. The van der Waals surface area contributed by atoms with Gasteiger partial charge in [0.2, 0.25) is 0 Å². The minimum Gasteiger partial charge on any atom is -0.337 e. The summed E-state index contributed by atoms with van der Waals surface area (Å²) in [7, 11) is 0. The van der Waals surface area contributed by atoms with Crippen LogP contribution >= 0.6 is 0 Å². The lowest BCUT2D eigenvalue weighted by Crippen LogP contribution is -2.32. The third-order valence-electron chi connectivity index (χ3n) is 5.68. The lowest BCUT2D eigenvalue weighted by Gasteiger charge is -2.19. The van der Waals surface area contributed by atoms with E-state index in [-0.39, 0.29) is 12.5 Å². The molecular weight excluding hydrogens is 397 g/mol. The number of hydrogen-bond acceptors (Lipinski definition) is 5. The van der Waals surface area contributed by atoms with Gasteiger partial charge in [-0.2, -0.15) is 10.4 Å². The fraction of sp³-hybridized carbons (Fsp3) is 0.318. The van der Waals surface area contributed by atoms with E-state index < -0.39 is 5.82 Å². The van der Waals surface area contributed by atoms with Crippen LogP contribution in [0.25, 0.3) is 27.9 Å². The number of pyridine rings is 2. The lowest BCUT2D eigenvalue weighted by molar-refractivity contribution is 0.0756. The Bertz CT molecular complexity index is 1330. The molecule has 0 atom stereocenters. The highest BCUT2D eigenvalue weighted by atomic mass is 19.1. The van der Waals surface area contributed by atoms with Crippen LogP contribution in [-0.4, -0.2) is 48.0 Å². The summed E-state index contributed by atoms with van der Waals surface area (Å²) < 4.78 is 17.0. The molecule has 0 aliphatic carbocycles. The molecule has 31 heavy (non-hydrogen) atoms. The van der Waals surface area contributed by atoms with E-state index in [2.05, 4.69) is 21.1 Å². The molecule has 1 fully saturated rings. The van der Waals surface area contributed by atoms with Crippen LogP contribution in [-0.2, 0) is 6.54 Å². The zero-order valence-electron chi connectivity index (χ0n) is 16.8. The smallest absolute Gasteiger partial charge is 0.272 e. The maximum atomic E-state index is 13.8. The Balaban J connectivity index is 1.62. The summed E-state index contributed by atoms with van der Waals surface area (Å²) in [6.07, 6.45) is 8.82. The second kappa shape index (κ2) is 7.80. The van der Waals surface area contributed by atoms with Gasteiger partial charge in [0.1, 0.15) is 29.4 Å². The Morgan fingerprint density at radius 3 is 2.71 bits per heavy atom. The van der Waals surface area contributed by atoms with Crippen molar-refractivity contribution in [3.05, 3.63) is 48.3 Å². The van der Waals surface area contributed by atoms with Crippen molar-refractivity contribution in [3.63, 3.8) is 0 Å². The van der Waals surface area contributed by atoms with Gasteiger partial charge in [0, 0.05) is 30.9 Å². The molecule has 0 radical (unpaired) electrons. The van der Waals surface area contributed by atoms with Gasteiger partial charge in [0.05, 0.1) is 23.5 Å². The van der Waals surface area contributed by atoms with E-state index in [4.69, 9.17) is 0 Å². The first-order valence-electron chi connectivity index (χ1n) is 10.3. The average Bonchev–Trinajstić information content (AvgIpc) is 3.22. The summed E-state index contributed by atoms with van der Waals surface area (Å²) >= 11 is 0. The Morgan fingerprint density at radius 1 is 1.13 bits per heavy atom. The largest absolute Gasteiger partial charge is 0.337 e. The van der Waals surface area contributed by atoms with Crippen molar-refractivity contribution >= 4 is 22.5 Å². The molecule has 5 rings (SSSR count). The number of carbonyl (C=O) groups excluding carboxylic acids is 1. The summed E-state index contributed by atoms with van der Waals surface area (Å²) in [6.45, 7) is 1.48. The second-order valence-electron chi connectivity index (χ2n) is 7.68. The van der Waals surface area contributed by atoms with Crippen molar-refractivity contribution in [2.45, 2.75) is 32.2 Å². The summed E-state index contributed by atoms with van der Waals surface area (Å²) in [6, 6.07) is 6.73. The Hall–Kier alpha value is -3.80. The minimum absolute atomic E-state index is 0.0168. The predicted octanol–water partition coefficient (Wildman–Crippen LogP) is 3.42.